The smallest absolute Gasteiger partial charge is 0.218 e. The number of thiophene rings is 1. The number of nitrogens with one attached hydrogen (secondary N) is 1. The number of rotatable bonds is 2. The second kappa shape index (κ2) is 4.78. The Bertz CT molecular complexity index is 1020. The van der Waals surface area contributed by atoms with E-state index in [0.29, 0.717) is 22.4 Å². The van der Waals surface area contributed by atoms with E-state index >= 15 is 0 Å². The molecule has 3 aromatic heterocycles. The molecule has 3 heterocycles. The molecule has 0 bridgehead atoms. The summed E-state index contributed by atoms with van der Waals surface area (Å²) < 4.78 is 0.836. The molecule has 7 nitrogen and oxygen atoms in total. The number of aromatic amines is 1. The zero-order valence-electron chi connectivity index (χ0n) is 11.1. The Hall–Kier alpha value is -3.00. The Labute approximate surface area is 127 Å². The van der Waals surface area contributed by atoms with E-state index in [2.05, 4.69) is 25.2 Å². The number of aromatic hydroxyl groups is 2. The first-order chi connectivity index (χ1) is 10.7. The van der Waals surface area contributed by atoms with Crippen molar-refractivity contribution in [3.8, 4) is 11.6 Å². The van der Waals surface area contributed by atoms with Gasteiger partial charge in [-0.25, -0.2) is 9.97 Å². The number of nitrogens with zero attached hydrogens (tertiary/aromatic N) is 4. The minimum atomic E-state index is -0.110. The minimum absolute atomic E-state index is 0.105. The van der Waals surface area contributed by atoms with Crippen LogP contribution in [0.15, 0.2) is 46.2 Å². The zero-order valence-corrected chi connectivity index (χ0v) is 11.9. The average molecular weight is 311 g/mol. The number of phenolic OH excluding ortho intramolecular Hbond substituents is 1. The van der Waals surface area contributed by atoms with Gasteiger partial charge in [-0.15, -0.1) is 21.6 Å². The molecule has 3 N–H and O–H groups in total. The molecule has 0 amide bonds. The fraction of sp³-hybridized carbons (Fsp3) is 0. The van der Waals surface area contributed by atoms with E-state index in [0.717, 1.165) is 10.2 Å². The number of azo groups is 1. The summed E-state index contributed by atoms with van der Waals surface area (Å²) in [6.45, 7) is 0. The molecule has 0 saturated heterocycles. The standard InChI is InChI=1S/C14H9N5O2S/c20-7-1-2-8-10(5-7)17-14(21)11(8)18-19-13-12-9(3-4-22-12)15-6-16-13/h1-6,17,20-21H. The van der Waals surface area contributed by atoms with Crippen molar-refractivity contribution in [2.45, 2.75) is 0 Å². The van der Waals surface area contributed by atoms with Gasteiger partial charge in [0, 0.05) is 11.5 Å². The van der Waals surface area contributed by atoms with Crippen LogP contribution in [-0.2, 0) is 0 Å². The van der Waals surface area contributed by atoms with Crippen LogP contribution >= 0.6 is 11.3 Å². The summed E-state index contributed by atoms with van der Waals surface area (Å²) in [7, 11) is 0. The van der Waals surface area contributed by atoms with Gasteiger partial charge in [0.2, 0.25) is 5.88 Å². The Kier molecular flexibility index (Phi) is 2.76. The van der Waals surface area contributed by atoms with Crippen LogP contribution in [0.5, 0.6) is 11.6 Å². The number of aromatic nitrogens is 3. The zero-order chi connectivity index (χ0) is 15.1. The lowest BCUT2D eigenvalue weighted by Crippen LogP contribution is -1.77. The lowest BCUT2D eigenvalue weighted by atomic mass is 10.2. The number of phenols is 1. The van der Waals surface area contributed by atoms with Crippen LogP contribution in [0.3, 0.4) is 0 Å². The number of fused-ring (bicyclic) bond motifs is 2. The maximum absolute atomic E-state index is 9.96. The van der Waals surface area contributed by atoms with E-state index in [-0.39, 0.29) is 11.6 Å². The molecule has 22 heavy (non-hydrogen) atoms. The van der Waals surface area contributed by atoms with Crippen LogP contribution in [0.1, 0.15) is 0 Å². The van der Waals surface area contributed by atoms with E-state index in [1.807, 2.05) is 11.4 Å². The predicted octanol–water partition coefficient (Wildman–Crippen LogP) is 4.00. The number of hydrogen-bond acceptors (Lipinski definition) is 7. The van der Waals surface area contributed by atoms with E-state index < -0.39 is 0 Å². The molecule has 0 radical (unpaired) electrons. The van der Waals surface area contributed by atoms with Crippen molar-refractivity contribution < 1.29 is 10.2 Å². The minimum Gasteiger partial charge on any atom is -0.508 e. The quantitative estimate of drug-likeness (QED) is 0.486. The largest absolute Gasteiger partial charge is 0.508 e. The first-order valence-corrected chi connectivity index (χ1v) is 7.24. The highest BCUT2D eigenvalue weighted by molar-refractivity contribution is 7.17. The van der Waals surface area contributed by atoms with Gasteiger partial charge in [0.25, 0.3) is 0 Å². The van der Waals surface area contributed by atoms with E-state index in [1.54, 1.807) is 6.07 Å². The summed E-state index contributed by atoms with van der Waals surface area (Å²) >= 11 is 1.48. The molecule has 8 heteroatoms. The second-order valence-corrected chi connectivity index (χ2v) is 5.50. The summed E-state index contributed by atoms with van der Waals surface area (Å²) in [5.41, 5.74) is 1.69. The van der Waals surface area contributed by atoms with Crippen LogP contribution in [-0.4, -0.2) is 25.2 Å². The van der Waals surface area contributed by atoms with Gasteiger partial charge in [-0.1, -0.05) is 0 Å². The fourth-order valence-electron chi connectivity index (χ4n) is 2.20. The predicted molar refractivity (Wildman–Crippen MR) is 83.2 cm³/mol. The topological polar surface area (TPSA) is 107 Å². The molecule has 0 saturated carbocycles. The number of benzene rings is 1. The third kappa shape index (κ3) is 1.97. The SMILES string of the molecule is Oc1ccc2c(N=Nc3ncnc4ccsc34)c(O)[nH]c2c1. The van der Waals surface area contributed by atoms with Gasteiger partial charge in [-0.2, -0.15) is 0 Å². The Balaban J connectivity index is 1.83. The van der Waals surface area contributed by atoms with Crippen LogP contribution in [0.4, 0.5) is 11.5 Å². The van der Waals surface area contributed by atoms with Crippen molar-refractivity contribution in [1.29, 1.82) is 0 Å². The number of H-pyrrole nitrogens is 1. The summed E-state index contributed by atoms with van der Waals surface area (Å²) in [5.74, 6) is 0.446. The van der Waals surface area contributed by atoms with Crippen LogP contribution in [0, 0.1) is 0 Å². The highest BCUT2D eigenvalue weighted by Gasteiger charge is 2.11. The molecule has 0 aliphatic rings. The molecule has 108 valence electrons. The van der Waals surface area contributed by atoms with Gasteiger partial charge in [0.15, 0.2) is 11.5 Å². The lowest BCUT2D eigenvalue weighted by molar-refractivity contribution is 0.459. The molecule has 0 fully saturated rings. The van der Waals surface area contributed by atoms with Crippen molar-refractivity contribution in [3.05, 3.63) is 36.0 Å². The molecule has 0 spiro atoms. The van der Waals surface area contributed by atoms with Crippen molar-refractivity contribution in [1.82, 2.24) is 15.0 Å². The van der Waals surface area contributed by atoms with Crippen LogP contribution < -0.4 is 0 Å². The maximum atomic E-state index is 9.96. The van der Waals surface area contributed by atoms with Crippen LogP contribution in [0.25, 0.3) is 21.1 Å². The molecule has 0 aliphatic heterocycles. The number of hydrogen-bond donors (Lipinski definition) is 3. The van der Waals surface area contributed by atoms with Gasteiger partial charge < -0.3 is 15.2 Å². The van der Waals surface area contributed by atoms with Gasteiger partial charge in [0.1, 0.15) is 12.1 Å². The molecule has 0 atom stereocenters. The summed E-state index contributed by atoms with van der Waals surface area (Å²) in [6, 6.07) is 6.58. The monoisotopic (exact) mass is 311 g/mol. The van der Waals surface area contributed by atoms with Gasteiger partial charge in [-0.3, -0.25) is 0 Å². The summed E-state index contributed by atoms with van der Waals surface area (Å²) in [4.78, 5) is 11.0. The maximum Gasteiger partial charge on any atom is 0.218 e. The van der Waals surface area contributed by atoms with Crippen molar-refractivity contribution in [2.75, 3.05) is 0 Å². The third-order valence-corrected chi connectivity index (χ3v) is 4.10. The fourth-order valence-corrected chi connectivity index (χ4v) is 2.98. The Morgan fingerprint density at radius 3 is 2.91 bits per heavy atom. The third-order valence-electron chi connectivity index (χ3n) is 3.20. The average Bonchev–Trinajstić information content (AvgIpc) is 3.09. The van der Waals surface area contributed by atoms with Crippen molar-refractivity contribution >= 4 is 44.0 Å². The first kappa shape index (κ1) is 12.7. The highest BCUT2D eigenvalue weighted by atomic mass is 32.1. The summed E-state index contributed by atoms with van der Waals surface area (Å²) in [6.07, 6.45) is 1.43. The van der Waals surface area contributed by atoms with E-state index in [9.17, 15) is 10.2 Å². The molecule has 0 aliphatic carbocycles. The Morgan fingerprint density at radius 2 is 2.00 bits per heavy atom. The molecule has 0 unspecified atom stereocenters. The lowest BCUT2D eigenvalue weighted by Gasteiger charge is -1.94. The second-order valence-electron chi connectivity index (χ2n) is 4.58. The highest BCUT2D eigenvalue weighted by Crippen LogP contribution is 2.38. The van der Waals surface area contributed by atoms with Crippen molar-refractivity contribution in [3.63, 3.8) is 0 Å². The molecule has 4 rings (SSSR count). The van der Waals surface area contributed by atoms with Gasteiger partial charge in [0.05, 0.1) is 15.7 Å². The van der Waals surface area contributed by atoms with Gasteiger partial charge in [-0.05, 0) is 23.6 Å². The van der Waals surface area contributed by atoms with E-state index in [4.69, 9.17) is 0 Å². The molecule has 4 aromatic rings. The van der Waals surface area contributed by atoms with Crippen LogP contribution in [0.2, 0.25) is 0 Å². The first-order valence-electron chi connectivity index (χ1n) is 6.36. The van der Waals surface area contributed by atoms with Gasteiger partial charge >= 0.3 is 0 Å². The normalized spacial score (nSPS) is 11.8. The van der Waals surface area contributed by atoms with Crippen molar-refractivity contribution in [2.24, 2.45) is 10.2 Å². The van der Waals surface area contributed by atoms with E-state index in [1.165, 1.54) is 29.8 Å². The molecular formula is C14H9N5O2S. The summed E-state index contributed by atoms with van der Waals surface area (Å²) in [5, 5.41) is 30.2. The Morgan fingerprint density at radius 1 is 1.09 bits per heavy atom. The molecule has 1 aromatic carbocycles. The molecular weight excluding hydrogens is 302 g/mol.